The molecule has 0 fully saturated rings. The Kier molecular flexibility index (Phi) is 3.27. The molecular weight excluding hydrogens is 276 g/mol. The molecule has 0 saturated carbocycles. The highest BCUT2D eigenvalue weighted by molar-refractivity contribution is 7.71. The molecule has 1 N–H and O–H groups in total. The van der Waals surface area contributed by atoms with E-state index in [1.54, 1.807) is 11.3 Å². The van der Waals surface area contributed by atoms with Crippen LogP contribution in [0.5, 0.6) is 0 Å². The van der Waals surface area contributed by atoms with Crippen LogP contribution in [-0.4, -0.2) is 19.7 Å². The monoisotopic (exact) mass is 288 g/mol. The second kappa shape index (κ2) is 5.07. The highest BCUT2D eigenvalue weighted by Crippen LogP contribution is 2.19. The average Bonchev–Trinajstić information content (AvgIpc) is 2.99. The third-order valence-corrected chi connectivity index (χ3v) is 4.01. The highest BCUT2D eigenvalue weighted by Gasteiger charge is 2.10. The number of benzene rings is 1. The van der Waals surface area contributed by atoms with Gasteiger partial charge in [-0.1, -0.05) is 30.3 Å². The number of hydrogen-bond acceptors (Lipinski definition) is 4. The van der Waals surface area contributed by atoms with Gasteiger partial charge in [0.1, 0.15) is 5.01 Å². The maximum atomic E-state index is 5.30. The molecule has 0 aliphatic heterocycles. The molecule has 0 aliphatic carbocycles. The van der Waals surface area contributed by atoms with Gasteiger partial charge in [-0.15, -0.1) is 11.3 Å². The number of nitrogens with zero attached hydrogens (tertiary/aromatic N) is 3. The van der Waals surface area contributed by atoms with Crippen molar-refractivity contribution in [2.45, 2.75) is 13.5 Å². The summed E-state index contributed by atoms with van der Waals surface area (Å²) < 4.78 is 2.59. The smallest absolute Gasteiger partial charge is 0.195 e. The Morgan fingerprint density at radius 3 is 2.79 bits per heavy atom. The van der Waals surface area contributed by atoms with E-state index in [0.717, 1.165) is 22.1 Å². The molecule has 19 heavy (non-hydrogen) atoms. The van der Waals surface area contributed by atoms with Crippen molar-refractivity contribution < 1.29 is 0 Å². The lowest BCUT2D eigenvalue weighted by molar-refractivity contribution is 0.781. The van der Waals surface area contributed by atoms with E-state index in [0.29, 0.717) is 11.3 Å². The summed E-state index contributed by atoms with van der Waals surface area (Å²) in [6.45, 7) is 2.64. The lowest BCUT2D eigenvalue weighted by atomic mass is 10.2. The average molecular weight is 288 g/mol. The molecular formula is C13H12N4S2. The molecule has 2 heterocycles. The minimum absolute atomic E-state index is 0.617. The van der Waals surface area contributed by atoms with E-state index in [2.05, 4.69) is 15.2 Å². The third-order valence-electron chi connectivity index (χ3n) is 2.75. The zero-order valence-electron chi connectivity index (χ0n) is 10.3. The van der Waals surface area contributed by atoms with Crippen LogP contribution in [0.15, 0.2) is 35.7 Å². The molecule has 0 atom stereocenters. The van der Waals surface area contributed by atoms with Gasteiger partial charge in [-0.2, -0.15) is 5.10 Å². The highest BCUT2D eigenvalue weighted by atomic mass is 32.1. The molecule has 2 aromatic heterocycles. The quantitative estimate of drug-likeness (QED) is 0.751. The van der Waals surface area contributed by atoms with Crippen molar-refractivity contribution in [1.82, 2.24) is 19.7 Å². The summed E-state index contributed by atoms with van der Waals surface area (Å²) in [4.78, 5) is 4.47. The van der Waals surface area contributed by atoms with Crippen molar-refractivity contribution >= 4 is 23.6 Å². The normalized spacial score (nSPS) is 10.8. The van der Waals surface area contributed by atoms with Crippen LogP contribution < -0.4 is 0 Å². The Morgan fingerprint density at radius 1 is 1.32 bits per heavy atom. The molecule has 96 valence electrons. The molecule has 1 aromatic carbocycles. The summed E-state index contributed by atoms with van der Waals surface area (Å²) in [6, 6.07) is 10.0. The summed E-state index contributed by atoms with van der Waals surface area (Å²) in [5.41, 5.74) is 2.08. The molecule has 3 rings (SSSR count). The number of nitrogens with one attached hydrogen (secondary N) is 1. The topological polar surface area (TPSA) is 46.5 Å². The van der Waals surface area contributed by atoms with Crippen molar-refractivity contribution in [3.63, 3.8) is 0 Å². The molecule has 0 aliphatic rings. The standard InChI is InChI=1S/C13H12N4S2/c1-9-8-19-11(14-9)7-17-12(15-16-13(17)18)10-5-3-2-4-6-10/h2-6,8H,7H2,1H3,(H,16,18). The van der Waals surface area contributed by atoms with Gasteiger partial charge >= 0.3 is 0 Å². The van der Waals surface area contributed by atoms with Gasteiger partial charge in [-0.25, -0.2) is 4.98 Å². The fraction of sp³-hybridized carbons (Fsp3) is 0.154. The second-order valence-electron chi connectivity index (χ2n) is 4.19. The molecule has 0 saturated heterocycles. The van der Waals surface area contributed by atoms with Crippen LogP contribution in [0.1, 0.15) is 10.7 Å². The van der Waals surface area contributed by atoms with Gasteiger partial charge in [0, 0.05) is 16.6 Å². The van der Waals surface area contributed by atoms with Crippen molar-refractivity contribution in [2.75, 3.05) is 0 Å². The second-order valence-corrected chi connectivity index (χ2v) is 5.52. The first-order valence-corrected chi connectivity index (χ1v) is 7.14. The Hall–Kier alpha value is -1.79. The Morgan fingerprint density at radius 2 is 2.11 bits per heavy atom. The van der Waals surface area contributed by atoms with Crippen LogP contribution in [0, 0.1) is 11.7 Å². The van der Waals surface area contributed by atoms with E-state index in [4.69, 9.17) is 12.2 Å². The van der Waals surface area contributed by atoms with Gasteiger partial charge in [0.25, 0.3) is 0 Å². The van der Waals surface area contributed by atoms with Gasteiger partial charge in [0.05, 0.1) is 6.54 Å². The van der Waals surface area contributed by atoms with Crippen LogP contribution in [0.3, 0.4) is 0 Å². The molecule has 0 unspecified atom stereocenters. The third kappa shape index (κ3) is 2.50. The lowest BCUT2D eigenvalue weighted by Gasteiger charge is -2.04. The van der Waals surface area contributed by atoms with Crippen LogP contribution in [0.4, 0.5) is 0 Å². The van der Waals surface area contributed by atoms with E-state index >= 15 is 0 Å². The molecule has 3 aromatic rings. The van der Waals surface area contributed by atoms with Gasteiger partial charge in [0.2, 0.25) is 0 Å². The van der Waals surface area contributed by atoms with Gasteiger partial charge in [-0.3, -0.25) is 9.67 Å². The zero-order chi connectivity index (χ0) is 13.2. The summed E-state index contributed by atoms with van der Waals surface area (Å²) in [5.74, 6) is 0.846. The Balaban J connectivity index is 2.02. The number of aryl methyl sites for hydroxylation is 1. The summed E-state index contributed by atoms with van der Waals surface area (Å²) in [7, 11) is 0. The number of aromatic amines is 1. The summed E-state index contributed by atoms with van der Waals surface area (Å²) >= 11 is 6.94. The van der Waals surface area contributed by atoms with Gasteiger partial charge in [0.15, 0.2) is 10.6 Å². The number of aromatic nitrogens is 4. The van der Waals surface area contributed by atoms with Crippen molar-refractivity contribution in [3.8, 4) is 11.4 Å². The maximum Gasteiger partial charge on any atom is 0.195 e. The number of rotatable bonds is 3. The van der Waals surface area contributed by atoms with E-state index in [-0.39, 0.29) is 0 Å². The predicted molar refractivity (Wildman–Crippen MR) is 78.8 cm³/mol. The van der Waals surface area contributed by atoms with Crippen LogP contribution in [0.2, 0.25) is 0 Å². The number of hydrogen-bond donors (Lipinski definition) is 1. The zero-order valence-corrected chi connectivity index (χ0v) is 12.0. The molecule has 0 bridgehead atoms. The maximum absolute atomic E-state index is 5.30. The summed E-state index contributed by atoms with van der Waals surface area (Å²) in [5, 5.41) is 10.2. The number of thiazole rings is 1. The van der Waals surface area contributed by atoms with Gasteiger partial charge < -0.3 is 0 Å². The molecule has 0 spiro atoms. The SMILES string of the molecule is Cc1csc(Cn2c(-c3ccccc3)n[nH]c2=S)n1. The van der Waals surface area contributed by atoms with Crippen LogP contribution in [-0.2, 0) is 6.54 Å². The van der Waals surface area contributed by atoms with E-state index in [1.807, 2.05) is 47.2 Å². The molecule has 4 nitrogen and oxygen atoms in total. The van der Waals surface area contributed by atoms with Crippen molar-refractivity contribution in [1.29, 1.82) is 0 Å². The minimum atomic E-state index is 0.617. The Bertz CT molecular complexity index is 739. The van der Waals surface area contributed by atoms with Crippen molar-refractivity contribution in [3.05, 3.63) is 51.2 Å². The van der Waals surface area contributed by atoms with Crippen LogP contribution >= 0.6 is 23.6 Å². The van der Waals surface area contributed by atoms with Gasteiger partial charge in [-0.05, 0) is 19.1 Å². The van der Waals surface area contributed by atoms with E-state index < -0.39 is 0 Å². The fourth-order valence-electron chi connectivity index (χ4n) is 1.88. The first-order chi connectivity index (χ1) is 9.24. The summed E-state index contributed by atoms with van der Waals surface area (Å²) in [6.07, 6.45) is 0. The predicted octanol–water partition coefficient (Wildman–Crippen LogP) is 3.42. The van der Waals surface area contributed by atoms with E-state index in [9.17, 15) is 0 Å². The van der Waals surface area contributed by atoms with Crippen LogP contribution in [0.25, 0.3) is 11.4 Å². The first kappa shape index (κ1) is 12.3. The Labute approximate surface area is 119 Å². The molecule has 0 radical (unpaired) electrons. The molecule has 0 amide bonds. The largest absolute Gasteiger partial charge is 0.293 e. The molecule has 6 heteroatoms. The minimum Gasteiger partial charge on any atom is -0.293 e. The lowest BCUT2D eigenvalue weighted by Crippen LogP contribution is -2.02. The number of H-pyrrole nitrogens is 1. The fourth-order valence-corrected chi connectivity index (χ4v) is 2.84. The first-order valence-electron chi connectivity index (χ1n) is 5.85. The van der Waals surface area contributed by atoms with E-state index in [1.165, 1.54) is 0 Å². The van der Waals surface area contributed by atoms with Crippen molar-refractivity contribution in [2.24, 2.45) is 0 Å².